The Morgan fingerprint density at radius 1 is 1.17 bits per heavy atom. The summed E-state index contributed by atoms with van der Waals surface area (Å²) in [6, 6.07) is 11.4. The SMILES string of the molecule is C=CCN1C(=O)/C(=C\c2ccc(OC)cc2)SC1=NS(=O)(=O)c1ccc(F)cc1. The van der Waals surface area contributed by atoms with Crippen LogP contribution in [-0.2, 0) is 14.8 Å². The van der Waals surface area contributed by atoms with Gasteiger partial charge in [0.2, 0.25) is 0 Å². The lowest BCUT2D eigenvalue weighted by Gasteiger charge is -2.12. The Hall–Kier alpha value is -2.91. The number of rotatable bonds is 6. The van der Waals surface area contributed by atoms with Gasteiger partial charge in [0.05, 0.1) is 16.9 Å². The first-order chi connectivity index (χ1) is 13.8. The largest absolute Gasteiger partial charge is 0.497 e. The molecule has 2 aromatic rings. The molecule has 2 aromatic carbocycles. The van der Waals surface area contributed by atoms with Gasteiger partial charge in [-0.1, -0.05) is 18.2 Å². The van der Waals surface area contributed by atoms with E-state index >= 15 is 0 Å². The van der Waals surface area contributed by atoms with Crippen molar-refractivity contribution in [3.8, 4) is 5.75 Å². The van der Waals surface area contributed by atoms with Crippen molar-refractivity contribution in [2.75, 3.05) is 13.7 Å². The van der Waals surface area contributed by atoms with Gasteiger partial charge in [0.15, 0.2) is 5.17 Å². The fourth-order valence-electron chi connectivity index (χ4n) is 2.48. The molecule has 1 amide bonds. The summed E-state index contributed by atoms with van der Waals surface area (Å²) in [4.78, 5) is 14.1. The molecular weight excluding hydrogens is 415 g/mol. The lowest BCUT2D eigenvalue weighted by molar-refractivity contribution is -0.121. The van der Waals surface area contributed by atoms with E-state index in [0.717, 1.165) is 41.6 Å². The molecule has 0 aliphatic carbocycles. The van der Waals surface area contributed by atoms with Gasteiger partial charge in [-0.2, -0.15) is 8.42 Å². The van der Waals surface area contributed by atoms with Crippen LogP contribution in [-0.4, -0.2) is 38.0 Å². The van der Waals surface area contributed by atoms with Gasteiger partial charge in [0, 0.05) is 6.54 Å². The van der Waals surface area contributed by atoms with Crippen molar-refractivity contribution in [3.63, 3.8) is 0 Å². The zero-order valence-electron chi connectivity index (χ0n) is 15.4. The van der Waals surface area contributed by atoms with Crippen LogP contribution in [0.5, 0.6) is 5.75 Å². The summed E-state index contributed by atoms with van der Waals surface area (Å²) in [7, 11) is -2.56. The van der Waals surface area contributed by atoms with E-state index in [9.17, 15) is 17.6 Å². The third kappa shape index (κ3) is 4.75. The average Bonchev–Trinajstić information content (AvgIpc) is 2.97. The summed E-state index contributed by atoms with van der Waals surface area (Å²) in [5.74, 6) is -0.253. The molecule has 0 radical (unpaired) electrons. The fraction of sp³-hybridized carbons (Fsp3) is 0.100. The summed E-state index contributed by atoms with van der Waals surface area (Å²) >= 11 is 0.952. The Labute approximate surface area is 172 Å². The molecule has 0 bridgehead atoms. The quantitative estimate of drug-likeness (QED) is 0.514. The van der Waals surface area contributed by atoms with Crippen molar-refractivity contribution >= 4 is 38.9 Å². The highest BCUT2D eigenvalue weighted by Crippen LogP contribution is 2.33. The maximum absolute atomic E-state index is 13.1. The first-order valence-corrected chi connectivity index (χ1v) is 10.7. The van der Waals surface area contributed by atoms with E-state index < -0.39 is 15.8 Å². The second-order valence-corrected chi connectivity index (χ2v) is 8.50. The molecule has 9 heteroatoms. The molecule has 150 valence electrons. The van der Waals surface area contributed by atoms with Crippen molar-refractivity contribution in [3.05, 3.63) is 77.5 Å². The Morgan fingerprint density at radius 3 is 2.41 bits per heavy atom. The molecule has 1 aliphatic heterocycles. The van der Waals surface area contributed by atoms with Gasteiger partial charge in [-0.15, -0.1) is 11.0 Å². The number of hydrogen-bond acceptors (Lipinski definition) is 5. The van der Waals surface area contributed by atoms with E-state index in [1.54, 1.807) is 37.5 Å². The molecule has 0 N–H and O–H groups in total. The van der Waals surface area contributed by atoms with Crippen LogP contribution in [0.1, 0.15) is 5.56 Å². The third-order valence-electron chi connectivity index (χ3n) is 3.92. The number of carbonyl (C=O) groups is 1. The Bertz CT molecular complexity index is 1090. The van der Waals surface area contributed by atoms with Crippen molar-refractivity contribution in [1.29, 1.82) is 0 Å². The normalized spacial score (nSPS) is 17.2. The lowest BCUT2D eigenvalue weighted by Crippen LogP contribution is -2.29. The Kier molecular flexibility index (Phi) is 6.19. The van der Waals surface area contributed by atoms with Gasteiger partial charge >= 0.3 is 0 Å². The maximum atomic E-state index is 13.1. The number of ether oxygens (including phenoxy) is 1. The summed E-state index contributed by atoms with van der Waals surface area (Å²) < 4.78 is 47.1. The highest BCUT2D eigenvalue weighted by molar-refractivity contribution is 8.19. The first kappa shape index (κ1) is 20.8. The van der Waals surface area contributed by atoms with Crippen molar-refractivity contribution in [2.45, 2.75) is 4.90 Å². The molecule has 1 aliphatic rings. The van der Waals surface area contributed by atoms with Crippen LogP contribution in [0, 0.1) is 5.82 Å². The lowest BCUT2D eigenvalue weighted by atomic mass is 10.2. The number of nitrogens with zero attached hydrogens (tertiary/aromatic N) is 2. The van der Waals surface area contributed by atoms with Gasteiger partial charge in [-0.3, -0.25) is 9.69 Å². The molecule has 6 nitrogen and oxygen atoms in total. The molecule has 0 atom stereocenters. The number of carbonyl (C=O) groups excluding carboxylic acids is 1. The maximum Gasteiger partial charge on any atom is 0.284 e. The summed E-state index contributed by atoms with van der Waals surface area (Å²) in [6.45, 7) is 3.70. The van der Waals surface area contributed by atoms with E-state index in [0.29, 0.717) is 10.7 Å². The van der Waals surface area contributed by atoms with Crippen LogP contribution in [0.3, 0.4) is 0 Å². The van der Waals surface area contributed by atoms with Crippen molar-refractivity contribution in [2.24, 2.45) is 4.40 Å². The molecule has 0 saturated carbocycles. The molecule has 0 unspecified atom stereocenters. The predicted octanol–water partition coefficient (Wildman–Crippen LogP) is 3.68. The zero-order valence-corrected chi connectivity index (χ0v) is 17.0. The van der Waals surface area contributed by atoms with Crippen LogP contribution >= 0.6 is 11.8 Å². The number of halogens is 1. The Morgan fingerprint density at radius 2 is 1.83 bits per heavy atom. The zero-order chi connectivity index (χ0) is 21.0. The number of amides is 1. The van der Waals surface area contributed by atoms with E-state index in [1.807, 2.05) is 0 Å². The fourth-order valence-corrected chi connectivity index (χ4v) is 4.67. The van der Waals surface area contributed by atoms with Crippen LogP contribution < -0.4 is 4.74 Å². The van der Waals surface area contributed by atoms with Crippen LogP contribution in [0.4, 0.5) is 4.39 Å². The number of amidine groups is 1. The first-order valence-electron chi connectivity index (χ1n) is 8.41. The minimum Gasteiger partial charge on any atom is -0.497 e. The second-order valence-electron chi connectivity index (χ2n) is 5.89. The summed E-state index contributed by atoms with van der Waals surface area (Å²) in [5, 5.41) is 0.0130. The monoisotopic (exact) mass is 432 g/mol. The predicted molar refractivity (Wildman–Crippen MR) is 111 cm³/mol. The molecule has 3 rings (SSSR count). The van der Waals surface area contributed by atoms with Crippen LogP contribution in [0.2, 0.25) is 0 Å². The molecule has 1 saturated heterocycles. The molecular formula is C20H17FN2O4S2. The minimum atomic E-state index is -4.11. The number of methoxy groups -OCH3 is 1. The number of sulfonamides is 1. The second kappa shape index (κ2) is 8.62. The van der Waals surface area contributed by atoms with Gasteiger partial charge < -0.3 is 4.74 Å². The van der Waals surface area contributed by atoms with Gasteiger partial charge in [0.1, 0.15) is 11.6 Å². The number of thioether (sulfide) groups is 1. The van der Waals surface area contributed by atoms with Crippen molar-refractivity contribution < 1.29 is 22.3 Å². The van der Waals surface area contributed by atoms with E-state index in [1.165, 1.54) is 11.0 Å². The minimum absolute atomic E-state index is 0.0130. The van der Waals surface area contributed by atoms with E-state index in [4.69, 9.17) is 4.74 Å². The molecule has 1 fully saturated rings. The number of benzene rings is 2. The van der Waals surface area contributed by atoms with Crippen molar-refractivity contribution in [1.82, 2.24) is 4.90 Å². The highest BCUT2D eigenvalue weighted by atomic mass is 32.2. The van der Waals surface area contributed by atoms with Gasteiger partial charge in [-0.05, 0) is 59.8 Å². The molecule has 1 heterocycles. The van der Waals surface area contributed by atoms with Crippen LogP contribution in [0.15, 0.2) is 75.4 Å². The van der Waals surface area contributed by atoms with E-state index in [-0.39, 0.29) is 22.5 Å². The highest BCUT2D eigenvalue weighted by Gasteiger charge is 2.34. The third-order valence-corrected chi connectivity index (χ3v) is 6.33. The van der Waals surface area contributed by atoms with Gasteiger partial charge in [0.25, 0.3) is 15.9 Å². The molecule has 0 aromatic heterocycles. The van der Waals surface area contributed by atoms with Crippen LogP contribution in [0.25, 0.3) is 6.08 Å². The topological polar surface area (TPSA) is 76.0 Å². The Balaban J connectivity index is 1.96. The molecule has 0 spiro atoms. The smallest absolute Gasteiger partial charge is 0.284 e. The van der Waals surface area contributed by atoms with Gasteiger partial charge in [-0.25, -0.2) is 4.39 Å². The summed E-state index contributed by atoms with van der Waals surface area (Å²) in [6.07, 6.45) is 3.13. The van der Waals surface area contributed by atoms with E-state index in [2.05, 4.69) is 11.0 Å². The number of hydrogen-bond donors (Lipinski definition) is 0. The average molecular weight is 432 g/mol. The summed E-state index contributed by atoms with van der Waals surface area (Å²) in [5.41, 5.74) is 0.753. The standard InChI is InChI=1S/C20H17FN2O4S2/c1-3-12-23-19(24)18(13-14-4-8-16(27-2)9-5-14)28-20(23)22-29(25,26)17-10-6-15(21)7-11-17/h3-11,13H,1,12H2,2H3/b18-13+,22-20?. The molecule has 29 heavy (non-hydrogen) atoms.